The third-order valence-electron chi connectivity index (χ3n) is 2.41. The van der Waals surface area contributed by atoms with Crippen LogP contribution in [0.3, 0.4) is 0 Å². The van der Waals surface area contributed by atoms with Gasteiger partial charge in [-0.25, -0.2) is 9.97 Å². The molecule has 0 bridgehead atoms. The van der Waals surface area contributed by atoms with Crippen molar-refractivity contribution in [2.45, 2.75) is 6.92 Å². The van der Waals surface area contributed by atoms with Crippen molar-refractivity contribution in [3.8, 4) is 17.4 Å². The number of aromatic nitrogens is 2. The van der Waals surface area contributed by atoms with Crippen molar-refractivity contribution >= 4 is 17.2 Å². The van der Waals surface area contributed by atoms with Crippen LogP contribution in [0.1, 0.15) is 11.3 Å². The van der Waals surface area contributed by atoms with E-state index in [2.05, 4.69) is 9.97 Å². The summed E-state index contributed by atoms with van der Waals surface area (Å²) in [4.78, 5) is 8.34. The Labute approximate surface area is 116 Å². The zero-order chi connectivity index (χ0) is 13.8. The molecule has 0 aliphatic rings. The lowest BCUT2D eigenvalue weighted by atomic mass is 10.2. The summed E-state index contributed by atoms with van der Waals surface area (Å²) < 4.78 is 10.9. The molecule has 0 aliphatic carbocycles. The van der Waals surface area contributed by atoms with Crippen LogP contribution in [-0.4, -0.2) is 22.1 Å². The van der Waals surface area contributed by atoms with E-state index in [4.69, 9.17) is 27.4 Å². The third kappa shape index (κ3) is 3.17. The number of thiocarbonyl (C=S) groups is 1. The third-order valence-corrected chi connectivity index (χ3v) is 2.62. The Morgan fingerprint density at radius 1 is 1.21 bits per heavy atom. The summed E-state index contributed by atoms with van der Waals surface area (Å²) in [6, 6.07) is 5.62. The molecular formula is C13H13N3O2S. The highest BCUT2D eigenvalue weighted by Crippen LogP contribution is 2.30. The van der Waals surface area contributed by atoms with Crippen LogP contribution >= 0.6 is 12.2 Å². The summed E-state index contributed by atoms with van der Waals surface area (Å²) >= 11 is 4.80. The van der Waals surface area contributed by atoms with Gasteiger partial charge in [0.05, 0.1) is 19.5 Å². The van der Waals surface area contributed by atoms with Gasteiger partial charge in [0.1, 0.15) is 10.7 Å². The van der Waals surface area contributed by atoms with Crippen molar-refractivity contribution in [2.24, 2.45) is 5.73 Å². The highest BCUT2D eigenvalue weighted by molar-refractivity contribution is 7.80. The summed E-state index contributed by atoms with van der Waals surface area (Å²) in [5.41, 5.74) is 6.99. The van der Waals surface area contributed by atoms with Crippen LogP contribution in [0.5, 0.6) is 17.4 Å². The molecule has 0 fully saturated rings. The predicted molar refractivity (Wildman–Crippen MR) is 75.7 cm³/mol. The normalized spacial score (nSPS) is 10.0. The molecule has 2 N–H and O–H groups in total. The summed E-state index contributed by atoms with van der Waals surface area (Å²) in [5.74, 6) is 1.56. The second-order valence-corrected chi connectivity index (χ2v) is 4.30. The molecule has 0 spiro atoms. The number of rotatable bonds is 4. The molecule has 0 atom stereocenters. The Bertz CT molecular complexity index is 599. The zero-order valence-corrected chi connectivity index (χ0v) is 11.4. The maximum atomic E-state index is 5.61. The average Bonchev–Trinajstić information content (AvgIpc) is 2.41. The SMILES string of the molecule is COc1cc(C)ccc1Oc1cnc(C(N)=S)cn1. The Morgan fingerprint density at radius 2 is 2.00 bits per heavy atom. The van der Waals surface area contributed by atoms with Crippen molar-refractivity contribution < 1.29 is 9.47 Å². The molecule has 0 aliphatic heterocycles. The van der Waals surface area contributed by atoms with E-state index in [0.29, 0.717) is 23.1 Å². The number of benzene rings is 1. The van der Waals surface area contributed by atoms with Crippen LogP contribution in [0.25, 0.3) is 0 Å². The minimum Gasteiger partial charge on any atom is -0.493 e. The molecular weight excluding hydrogens is 262 g/mol. The lowest BCUT2D eigenvalue weighted by Gasteiger charge is -2.10. The largest absolute Gasteiger partial charge is 0.493 e. The number of ether oxygens (including phenoxy) is 2. The van der Waals surface area contributed by atoms with Crippen molar-refractivity contribution in [2.75, 3.05) is 7.11 Å². The first kappa shape index (κ1) is 13.2. The minimum absolute atomic E-state index is 0.201. The fourth-order valence-electron chi connectivity index (χ4n) is 1.47. The molecule has 19 heavy (non-hydrogen) atoms. The number of nitrogens with two attached hydrogens (primary N) is 1. The van der Waals surface area contributed by atoms with Crippen LogP contribution in [0.4, 0.5) is 0 Å². The molecule has 6 heteroatoms. The average molecular weight is 275 g/mol. The zero-order valence-electron chi connectivity index (χ0n) is 10.6. The molecule has 98 valence electrons. The Morgan fingerprint density at radius 3 is 2.58 bits per heavy atom. The topological polar surface area (TPSA) is 70.3 Å². The number of nitrogens with zero attached hydrogens (tertiary/aromatic N) is 2. The number of hydrogen-bond donors (Lipinski definition) is 1. The summed E-state index contributed by atoms with van der Waals surface area (Å²) in [6.07, 6.45) is 2.94. The van der Waals surface area contributed by atoms with Crippen LogP contribution in [0, 0.1) is 6.92 Å². The van der Waals surface area contributed by atoms with Gasteiger partial charge in [0.25, 0.3) is 0 Å². The van der Waals surface area contributed by atoms with Gasteiger partial charge >= 0.3 is 0 Å². The minimum atomic E-state index is 0.201. The van der Waals surface area contributed by atoms with Crippen molar-refractivity contribution in [1.82, 2.24) is 9.97 Å². The van der Waals surface area contributed by atoms with Gasteiger partial charge in [-0.15, -0.1) is 0 Å². The number of hydrogen-bond acceptors (Lipinski definition) is 5. The molecule has 0 radical (unpaired) electrons. The number of aryl methyl sites for hydroxylation is 1. The molecule has 5 nitrogen and oxygen atoms in total. The Kier molecular flexibility index (Phi) is 3.91. The fraction of sp³-hybridized carbons (Fsp3) is 0.154. The van der Waals surface area contributed by atoms with E-state index in [9.17, 15) is 0 Å². The monoisotopic (exact) mass is 275 g/mol. The molecule has 0 saturated carbocycles. The van der Waals surface area contributed by atoms with E-state index >= 15 is 0 Å². The maximum absolute atomic E-state index is 5.61. The van der Waals surface area contributed by atoms with Crippen molar-refractivity contribution in [3.05, 3.63) is 41.9 Å². The first-order valence-electron chi connectivity index (χ1n) is 5.54. The predicted octanol–water partition coefficient (Wildman–Crippen LogP) is 2.22. The highest BCUT2D eigenvalue weighted by atomic mass is 32.1. The fourth-order valence-corrected chi connectivity index (χ4v) is 1.57. The van der Waals surface area contributed by atoms with E-state index in [1.165, 1.54) is 12.4 Å². The number of methoxy groups -OCH3 is 1. The summed E-state index contributed by atoms with van der Waals surface area (Å²) in [5, 5.41) is 0. The van der Waals surface area contributed by atoms with E-state index in [1.807, 2.05) is 25.1 Å². The van der Waals surface area contributed by atoms with Crippen LogP contribution in [-0.2, 0) is 0 Å². The molecule has 1 aromatic carbocycles. The summed E-state index contributed by atoms with van der Waals surface area (Å²) in [7, 11) is 1.59. The molecule has 0 saturated heterocycles. The Hall–Kier alpha value is -2.21. The molecule has 0 amide bonds. The van der Waals surface area contributed by atoms with Gasteiger partial charge in [0.2, 0.25) is 5.88 Å². The Balaban J connectivity index is 2.23. The maximum Gasteiger partial charge on any atom is 0.238 e. The second-order valence-electron chi connectivity index (χ2n) is 3.86. The van der Waals surface area contributed by atoms with Crippen molar-refractivity contribution in [1.29, 1.82) is 0 Å². The van der Waals surface area contributed by atoms with Crippen molar-refractivity contribution in [3.63, 3.8) is 0 Å². The van der Waals surface area contributed by atoms with E-state index in [0.717, 1.165) is 5.56 Å². The van der Waals surface area contributed by atoms with Gasteiger partial charge in [0, 0.05) is 0 Å². The van der Waals surface area contributed by atoms with Gasteiger partial charge in [0.15, 0.2) is 11.5 Å². The molecule has 1 heterocycles. The van der Waals surface area contributed by atoms with Gasteiger partial charge in [-0.3, -0.25) is 0 Å². The standard InChI is InChI=1S/C13H13N3O2S/c1-8-3-4-10(11(5-8)17-2)18-12-7-15-9(6-16-12)13(14)19/h3-7H,1-2H3,(H2,14,19). The van der Waals surface area contributed by atoms with Crippen LogP contribution < -0.4 is 15.2 Å². The van der Waals surface area contributed by atoms with Gasteiger partial charge in [-0.1, -0.05) is 18.3 Å². The first-order valence-corrected chi connectivity index (χ1v) is 5.95. The first-order chi connectivity index (χ1) is 9.10. The van der Waals surface area contributed by atoms with E-state index < -0.39 is 0 Å². The van der Waals surface area contributed by atoms with Crippen LogP contribution in [0.2, 0.25) is 0 Å². The van der Waals surface area contributed by atoms with Gasteiger partial charge < -0.3 is 15.2 Å². The highest BCUT2D eigenvalue weighted by Gasteiger charge is 2.07. The molecule has 1 aromatic heterocycles. The van der Waals surface area contributed by atoms with Gasteiger partial charge in [-0.05, 0) is 24.6 Å². The second kappa shape index (κ2) is 5.62. The quantitative estimate of drug-likeness (QED) is 0.863. The van der Waals surface area contributed by atoms with Gasteiger partial charge in [-0.2, -0.15) is 0 Å². The van der Waals surface area contributed by atoms with E-state index in [1.54, 1.807) is 7.11 Å². The lowest BCUT2D eigenvalue weighted by molar-refractivity contribution is 0.373. The smallest absolute Gasteiger partial charge is 0.238 e. The summed E-state index contributed by atoms with van der Waals surface area (Å²) in [6.45, 7) is 1.98. The molecule has 0 unspecified atom stereocenters. The molecule has 2 rings (SSSR count). The van der Waals surface area contributed by atoms with E-state index in [-0.39, 0.29) is 4.99 Å². The molecule has 2 aromatic rings. The van der Waals surface area contributed by atoms with Crippen LogP contribution in [0.15, 0.2) is 30.6 Å². The lowest BCUT2D eigenvalue weighted by Crippen LogP contribution is -2.11.